The summed E-state index contributed by atoms with van der Waals surface area (Å²) in [6.07, 6.45) is -0.927. The van der Waals surface area contributed by atoms with Gasteiger partial charge < -0.3 is 19.7 Å². The number of aliphatic hydroxyl groups excluding tert-OH is 2. The van der Waals surface area contributed by atoms with Gasteiger partial charge >= 0.3 is 0 Å². The smallest absolute Gasteiger partial charge is 0.175 e. The van der Waals surface area contributed by atoms with Crippen molar-refractivity contribution in [2.24, 2.45) is 0 Å². The molecule has 0 aliphatic heterocycles. The zero-order chi connectivity index (χ0) is 13.7. The molecule has 2 unspecified atom stereocenters. The van der Waals surface area contributed by atoms with Crippen LogP contribution in [0.5, 0.6) is 11.5 Å². The van der Waals surface area contributed by atoms with E-state index in [0.29, 0.717) is 22.6 Å². The minimum absolute atomic E-state index is 0.0646. The minimum atomic E-state index is -0.580. The van der Waals surface area contributed by atoms with Crippen molar-refractivity contribution < 1.29 is 19.7 Å². The highest BCUT2D eigenvalue weighted by atomic mass is 79.9. The first-order chi connectivity index (χ1) is 8.49. The Kier molecular flexibility index (Phi) is 5.91. The molecule has 1 aromatic rings. The number of rotatable bonds is 6. The topological polar surface area (TPSA) is 58.9 Å². The van der Waals surface area contributed by atoms with Crippen molar-refractivity contribution in [3.63, 3.8) is 0 Å². The van der Waals surface area contributed by atoms with Crippen LogP contribution in [0.3, 0.4) is 0 Å². The molecule has 0 fully saturated rings. The molecule has 1 rings (SSSR count). The van der Waals surface area contributed by atoms with Crippen LogP contribution in [0, 0.1) is 0 Å². The molecular formula is C13H19BrO4. The summed E-state index contributed by atoms with van der Waals surface area (Å²) >= 11 is 3.39. The summed E-state index contributed by atoms with van der Waals surface area (Å²) in [4.78, 5) is 0. The predicted octanol–water partition coefficient (Wildman–Crippen LogP) is 2.49. The van der Waals surface area contributed by atoms with Crippen LogP contribution in [0.15, 0.2) is 16.6 Å². The van der Waals surface area contributed by atoms with Crippen LogP contribution in [-0.2, 0) is 6.61 Å². The minimum Gasteiger partial charge on any atom is -0.490 e. The van der Waals surface area contributed by atoms with Gasteiger partial charge in [0, 0.05) is 0 Å². The van der Waals surface area contributed by atoms with Crippen LogP contribution in [-0.4, -0.2) is 29.0 Å². The summed E-state index contributed by atoms with van der Waals surface area (Å²) in [5.74, 6) is 1.10. The van der Waals surface area contributed by atoms with Crippen molar-refractivity contribution in [1.29, 1.82) is 0 Å². The first kappa shape index (κ1) is 15.3. The molecule has 0 bridgehead atoms. The van der Waals surface area contributed by atoms with Crippen LogP contribution >= 0.6 is 15.9 Å². The molecule has 18 heavy (non-hydrogen) atoms. The van der Waals surface area contributed by atoms with E-state index in [4.69, 9.17) is 14.6 Å². The van der Waals surface area contributed by atoms with Crippen molar-refractivity contribution in [2.75, 3.05) is 6.61 Å². The molecule has 4 nitrogen and oxygen atoms in total. The molecule has 0 aromatic heterocycles. The van der Waals surface area contributed by atoms with Crippen molar-refractivity contribution >= 4 is 15.9 Å². The van der Waals surface area contributed by atoms with Gasteiger partial charge in [-0.3, -0.25) is 0 Å². The maximum Gasteiger partial charge on any atom is 0.175 e. The number of hydrogen-bond donors (Lipinski definition) is 2. The van der Waals surface area contributed by atoms with Gasteiger partial charge in [0.2, 0.25) is 0 Å². The molecule has 5 heteroatoms. The Morgan fingerprint density at radius 2 is 2.00 bits per heavy atom. The fourth-order valence-electron chi connectivity index (χ4n) is 1.37. The normalized spacial score (nSPS) is 14.1. The Balaban J connectivity index is 3.07. The van der Waals surface area contributed by atoms with Gasteiger partial charge in [0.15, 0.2) is 11.5 Å². The van der Waals surface area contributed by atoms with E-state index in [0.717, 1.165) is 5.56 Å². The number of aliphatic hydroxyl groups is 2. The van der Waals surface area contributed by atoms with Crippen molar-refractivity contribution in [2.45, 2.75) is 39.6 Å². The molecule has 102 valence electrons. The second kappa shape index (κ2) is 6.97. The van der Waals surface area contributed by atoms with Crippen LogP contribution < -0.4 is 9.47 Å². The molecule has 0 aliphatic rings. The highest BCUT2D eigenvalue weighted by Gasteiger charge is 2.17. The van der Waals surface area contributed by atoms with Gasteiger partial charge in [0.25, 0.3) is 0 Å². The van der Waals surface area contributed by atoms with E-state index >= 15 is 0 Å². The van der Waals surface area contributed by atoms with E-state index in [1.165, 1.54) is 0 Å². The van der Waals surface area contributed by atoms with Gasteiger partial charge in [-0.1, -0.05) is 0 Å². The maximum absolute atomic E-state index is 9.47. The molecule has 2 N–H and O–H groups in total. The SMILES string of the molecule is CCOc1cc(CO)cc(Br)c1OC(C)C(C)O. The van der Waals surface area contributed by atoms with E-state index in [2.05, 4.69) is 15.9 Å². The Morgan fingerprint density at radius 3 is 2.50 bits per heavy atom. The number of hydrogen-bond acceptors (Lipinski definition) is 4. The maximum atomic E-state index is 9.47. The van der Waals surface area contributed by atoms with E-state index in [1.54, 1.807) is 26.0 Å². The highest BCUT2D eigenvalue weighted by Crippen LogP contribution is 2.37. The van der Waals surface area contributed by atoms with Gasteiger partial charge in [0.05, 0.1) is 23.8 Å². The molecule has 0 saturated carbocycles. The summed E-state index contributed by atoms with van der Waals surface area (Å²) in [6, 6.07) is 3.50. The lowest BCUT2D eigenvalue weighted by Crippen LogP contribution is -2.26. The van der Waals surface area contributed by atoms with E-state index in [1.807, 2.05) is 6.92 Å². The first-order valence-electron chi connectivity index (χ1n) is 5.90. The summed E-state index contributed by atoms with van der Waals surface area (Å²) in [5, 5.41) is 18.6. The molecular weight excluding hydrogens is 300 g/mol. The van der Waals surface area contributed by atoms with E-state index in [-0.39, 0.29) is 12.7 Å². The first-order valence-corrected chi connectivity index (χ1v) is 6.69. The predicted molar refractivity (Wildman–Crippen MR) is 73.0 cm³/mol. The quantitative estimate of drug-likeness (QED) is 0.846. The molecule has 1 aromatic carbocycles. The van der Waals surface area contributed by atoms with Crippen LogP contribution in [0.2, 0.25) is 0 Å². The highest BCUT2D eigenvalue weighted by molar-refractivity contribution is 9.10. The monoisotopic (exact) mass is 318 g/mol. The summed E-state index contributed by atoms with van der Waals surface area (Å²) < 4.78 is 11.9. The van der Waals surface area contributed by atoms with Gasteiger partial charge in [-0.2, -0.15) is 0 Å². The third-order valence-electron chi connectivity index (χ3n) is 2.53. The second-order valence-electron chi connectivity index (χ2n) is 4.06. The van der Waals surface area contributed by atoms with Crippen LogP contribution in [0.4, 0.5) is 0 Å². The lowest BCUT2D eigenvalue weighted by molar-refractivity contribution is 0.0577. The summed E-state index contributed by atoms with van der Waals surface area (Å²) in [7, 11) is 0. The lowest BCUT2D eigenvalue weighted by atomic mass is 10.2. The second-order valence-corrected chi connectivity index (χ2v) is 4.91. The van der Waals surface area contributed by atoms with Gasteiger partial charge in [0.1, 0.15) is 6.10 Å². The van der Waals surface area contributed by atoms with Crippen molar-refractivity contribution in [3.05, 3.63) is 22.2 Å². The molecule has 0 saturated heterocycles. The van der Waals surface area contributed by atoms with Crippen LogP contribution in [0.25, 0.3) is 0 Å². The average Bonchev–Trinajstić information content (AvgIpc) is 2.32. The number of halogens is 1. The van der Waals surface area contributed by atoms with Crippen LogP contribution in [0.1, 0.15) is 26.3 Å². The summed E-state index contributed by atoms with van der Waals surface area (Å²) in [6.45, 7) is 5.76. The number of ether oxygens (including phenoxy) is 2. The fraction of sp³-hybridized carbons (Fsp3) is 0.538. The van der Waals surface area contributed by atoms with Gasteiger partial charge in [-0.15, -0.1) is 0 Å². The van der Waals surface area contributed by atoms with E-state index < -0.39 is 6.10 Å². The van der Waals surface area contributed by atoms with Crippen molar-refractivity contribution in [1.82, 2.24) is 0 Å². The number of benzene rings is 1. The van der Waals surface area contributed by atoms with E-state index in [9.17, 15) is 5.11 Å². The molecule has 0 aliphatic carbocycles. The van der Waals surface area contributed by atoms with Crippen molar-refractivity contribution in [3.8, 4) is 11.5 Å². The Morgan fingerprint density at radius 1 is 1.33 bits per heavy atom. The average molecular weight is 319 g/mol. The fourth-order valence-corrected chi connectivity index (χ4v) is 1.96. The van der Waals surface area contributed by atoms with Gasteiger partial charge in [-0.25, -0.2) is 0 Å². The standard InChI is InChI=1S/C13H19BrO4/c1-4-17-12-6-10(7-15)5-11(14)13(12)18-9(3)8(2)16/h5-6,8-9,15-16H,4,7H2,1-3H3. The largest absolute Gasteiger partial charge is 0.490 e. The zero-order valence-corrected chi connectivity index (χ0v) is 12.4. The molecule has 0 radical (unpaired) electrons. The Labute approximate surface area is 116 Å². The van der Waals surface area contributed by atoms with Gasteiger partial charge in [-0.05, 0) is 54.4 Å². The molecule has 2 atom stereocenters. The molecule has 0 spiro atoms. The Bertz CT molecular complexity index is 393. The summed E-state index contributed by atoms with van der Waals surface area (Å²) in [5.41, 5.74) is 0.738. The lowest BCUT2D eigenvalue weighted by Gasteiger charge is -2.21. The third-order valence-corrected chi connectivity index (χ3v) is 3.12. The molecule has 0 amide bonds. The molecule has 0 heterocycles. The zero-order valence-electron chi connectivity index (χ0n) is 10.8. The third kappa shape index (κ3) is 3.86. The Hall–Kier alpha value is -0.780.